The van der Waals surface area contributed by atoms with Gasteiger partial charge in [-0.2, -0.15) is 0 Å². The molecule has 0 rings (SSSR count). The highest BCUT2D eigenvalue weighted by Crippen LogP contribution is 1.99. The minimum Gasteiger partial charge on any atom is -0.481 e. The summed E-state index contributed by atoms with van der Waals surface area (Å²) in [4.78, 5) is 21.0. The van der Waals surface area contributed by atoms with Gasteiger partial charge in [-0.15, -0.1) is 0 Å². The van der Waals surface area contributed by atoms with Crippen LogP contribution in [0.5, 0.6) is 0 Å². The Morgan fingerprint density at radius 1 is 1.20 bits per heavy atom. The van der Waals surface area contributed by atoms with E-state index in [2.05, 4.69) is 12.2 Å². The molecule has 0 saturated carbocycles. The third-order valence-electron chi connectivity index (χ3n) is 2.10. The van der Waals surface area contributed by atoms with Gasteiger partial charge in [0.2, 0.25) is 0 Å². The van der Waals surface area contributed by atoms with Gasteiger partial charge in [0.1, 0.15) is 6.04 Å². The zero-order valence-electron chi connectivity index (χ0n) is 9.03. The quantitative estimate of drug-likeness (QED) is 0.503. The van der Waals surface area contributed by atoms with Gasteiger partial charge in [-0.3, -0.25) is 9.59 Å². The average Bonchev–Trinajstić information content (AvgIpc) is 2.15. The van der Waals surface area contributed by atoms with E-state index in [1.807, 2.05) is 0 Å². The molecule has 0 aromatic heterocycles. The molecule has 0 aliphatic heterocycles. The van der Waals surface area contributed by atoms with Crippen molar-refractivity contribution in [2.75, 3.05) is 6.54 Å². The molecule has 0 aliphatic carbocycles. The Kier molecular flexibility index (Phi) is 7.62. The van der Waals surface area contributed by atoms with E-state index in [4.69, 9.17) is 10.2 Å². The molecule has 0 heterocycles. The van der Waals surface area contributed by atoms with Crippen molar-refractivity contribution in [2.45, 2.75) is 45.1 Å². The van der Waals surface area contributed by atoms with Gasteiger partial charge < -0.3 is 15.5 Å². The summed E-state index contributed by atoms with van der Waals surface area (Å²) in [7, 11) is 0. The number of unbranched alkanes of at least 4 members (excludes halogenated alkanes) is 3. The van der Waals surface area contributed by atoms with Gasteiger partial charge in [-0.05, 0) is 13.0 Å². The highest BCUT2D eigenvalue weighted by molar-refractivity contribution is 5.80. The number of hydrogen-bond acceptors (Lipinski definition) is 3. The van der Waals surface area contributed by atoms with E-state index in [1.54, 1.807) is 0 Å². The Morgan fingerprint density at radius 2 is 1.87 bits per heavy atom. The maximum Gasteiger partial charge on any atom is 0.321 e. The van der Waals surface area contributed by atoms with Crippen LogP contribution in [-0.2, 0) is 9.59 Å². The summed E-state index contributed by atoms with van der Waals surface area (Å²) in [6.07, 6.45) is 3.80. The summed E-state index contributed by atoms with van der Waals surface area (Å²) in [5.41, 5.74) is 0. The van der Waals surface area contributed by atoms with Crippen LogP contribution >= 0.6 is 0 Å². The number of carboxylic acid groups (broad SMARTS) is 2. The average molecular weight is 217 g/mol. The Hall–Kier alpha value is -1.10. The van der Waals surface area contributed by atoms with Crippen LogP contribution in [0.25, 0.3) is 0 Å². The lowest BCUT2D eigenvalue weighted by molar-refractivity contribution is -0.145. The summed E-state index contributed by atoms with van der Waals surface area (Å²) in [5.74, 6) is -2.20. The number of aliphatic carboxylic acids is 2. The predicted octanol–water partition coefficient (Wildman–Crippen LogP) is 1.08. The van der Waals surface area contributed by atoms with Crippen molar-refractivity contribution >= 4 is 11.9 Å². The van der Waals surface area contributed by atoms with E-state index >= 15 is 0 Å². The lowest BCUT2D eigenvalue weighted by atomic mass is 10.1. The molecule has 1 atom stereocenters. The second-order valence-corrected chi connectivity index (χ2v) is 3.50. The van der Waals surface area contributed by atoms with Crippen LogP contribution in [0.1, 0.15) is 39.0 Å². The molecule has 88 valence electrons. The van der Waals surface area contributed by atoms with Gasteiger partial charge in [-0.1, -0.05) is 26.2 Å². The lowest BCUT2D eigenvalue weighted by Gasteiger charge is -2.11. The SMILES string of the molecule is CCCCCCN[C@@H](CC(=O)O)C(=O)O. The standard InChI is InChI=1S/C10H19NO4/c1-2-3-4-5-6-11-8(10(14)15)7-9(12)13/h8,11H,2-7H2,1H3,(H,12,13)(H,14,15)/t8-/m0/s1. The van der Waals surface area contributed by atoms with Crippen molar-refractivity contribution in [3.63, 3.8) is 0 Å². The van der Waals surface area contributed by atoms with E-state index in [0.29, 0.717) is 6.54 Å². The molecule has 0 saturated heterocycles. The van der Waals surface area contributed by atoms with Crippen LogP contribution in [0.4, 0.5) is 0 Å². The Morgan fingerprint density at radius 3 is 2.33 bits per heavy atom. The lowest BCUT2D eigenvalue weighted by Crippen LogP contribution is -2.39. The van der Waals surface area contributed by atoms with Gasteiger partial charge in [0.25, 0.3) is 0 Å². The van der Waals surface area contributed by atoms with Gasteiger partial charge in [0.05, 0.1) is 6.42 Å². The van der Waals surface area contributed by atoms with Crippen LogP contribution in [0, 0.1) is 0 Å². The molecular weight excluding hydrogens is 198 g/mol. The topological polar surface area (TPSA) is 86.6 Å². The zero-order valence-corrected chi connectivity index (χ0v) is 9.03. The molecule has 3 N–H and O–H groups in total. The van der Waals surface area contributed by atoms with E-state index in [1.165, 1.54) is 0 Å². The highest BCUT2D eigenvalue weighted by atomic mass is 16.4. The van der Waals surface area contributed by atoms with Crippen LogP contribution in [0.15, 0.2) is 0 Å². The minimum atomic E-state index is -1.10. The third kappa shape index (κ3) is 7.93. The Balaban J connectivity index is 3.67. The summed E-state index contributed by atoms with van der Waals surface area (Å²) in [5, 5.41) is 19.9. The normalized spacial score (nSPS) is 12.3. The van der Waals surface area contributed by atoms with Crippen LogP contribution in [-0.4, -0.2) is 34.7 Å². The second kappa shape index (κ2) is 8.23. The van der Waals surface area contributed by atoms with Crippen molar-refractivity contribution in [3.05, 3.63) is 0 Å². The van der Waals surface area contributed by atoms with Crippen LogP contribution < -0.4 is 5.32 Å². The smallest absolute Gasteiger partial charge is 0.321 e. The molecule has 15 heavy (non-hydrogen) atoms. The van der Waals surface area contributed by atoms with E-state index in [-0.39, 0.29) is 6.42 Å². The molecule has 0 bridgehead atoms. The van der Waals surface area contributed by atoms with Crippen molar-refractivity contribution in [1.82, 2.24) is 5.32 Å². The highest BCUT2D eigenvalue weighted by Gasteiger charge is 2.19. The van der Waals surface area contributed by atoms with Crippen molar-refractivity contribution in [2.24, 2.45) is 0 Å². The molecule has 0 unspecified atom stereocenters. The minimum absolute atomic E-state index is 0.372. The Bertz CT molecular complexity index is 206. The summed E-state index contributed by atoms with van der Waals surface area (Å²) >= 11 is 0. The number of nitrogens with one attached hydrogen (secondary N) is 1. The van der Waals surface area contributed by atoms with Crippen LogP contribution in [0.2, 0.25) is 0 Å². The first-order valence-corrected chi connectivity index (χ1v) is 5.26. The van der Waals surface area contributed by atoms with Gasteiger partial charge in [-0.25, -0.2) is 0 Å². The largest absolute Gasteiger partial charge is 0.481 e. The molecule has 5 heteroatoms. The van der Waals surface area contributed by atoms with Gasteiger partial charge in [0, 0.05) is 0 Å². The molecule has 0 aromatic carbocycles. The van der Waals surface area contributed by atoms with Gasteiger partial charge >= 0.3 is 11.9 Å². The van der Waals surface area contributed by atoms with Crippen molar-refractivity contribution in [3.8, 4) is 0 Å². The number of carbonyl (C=O) groups is 2. The fourth-order valence-electron chi connectivity index (χ4n) is 1.25. The van der Waals surface area contributed by atoms with E-state index in [9.17, 15) is 9.59 Å². The Labute approximate surface area is 89.5 Å². The number of rotatable bonds is 9. The molecule has 0 aromatic rings. The van der Waals surface area contributed by atoms with Crippen LogP contribution in [0.3, 0.4) is 0 Å². The summed E-state index contributed by atoms with van der Waals surface area (Å²) in [6.45, 7) is 2.65. The van der Waals surface area contributed by atoms with E-state index in [0.717, 1.165) is 25.7 Å². The van der Waals surface area contributed by atoms with Gasteiger partial charge in [0.15, 0.2) is 0 Å². The number of hydrogen-bond donors (Lipinski definition) is 3. The fraction of sp³-hybridized carbons (Fsp3) is 0.800. The molecule has 0 radical (unpaired) electrons. The molecule has 0 spiro atoms. The predicted molar refractivity (Wildman–Crippen MR) is 55.8 cm³/mol. The van der Waals surface area contributed by atoms with E-state index < -0.39 is 18.0 Å². The molecule has 0 fully saturated rings. The van der Waals surface area contributed by atoms with Crippen molar-refractivity contribution in [1.29, 1.82) is 0 Å². The monoisotopic (exact) mass is 217 g/mol. The zero-order chi connectivity index (χ0) is 11.7. The first-order valence-electron chi connectivity index (χ1n) is 5.26. The molecular formula is C10H19NO4. The number of carboxylic acids is 2. The first-order chi connectivity index (χ1) is 7.07. The molecule has 5 nitrogen and oxygen atoms in total. The maximum absolute atomic E-state index is 10.6. The summed E-state index contributed by atoms with van der Waals surface area (Å²) in [6, 6.07) is -0.968. The van der Waals surface area contributed by atoms with Crippen molar-refractivity contribution < 1.29 is 19.8 Å². The fourth-order valence-corrected chi connectivity index (χ4v) is 1.25. The second-order valence-electron chi connectivity index (χ2n) is 3.50. The first kappa shape index (κ1) is 13.9. The summed E-state index contributed by atoms with van der Waals surface area (Å²) < 4.78 is 0. The molecule has 0 aliphatic rings. The third-order valence-corrected chi connectivity index (χ3v) is 2.10. The molecule has 0 amide bonds. The maximum atomic E-state index is 10.6.